The number of rotatable bonds is 6. The van der Waals surface area contributed by atoms with Crippen LogP contribution in [0.1, 0.15) is 18.9 Å². The average molecular weight is 281 g/mol. The maximum absolute atomic E-state index is 11.5. The van der Waals surface area contributed by atoms with Crippen molar-refractivity contribution in [2.24, 2.45) is 0 Å². The minimum atomic E-state index is -2.38. The predicted octanol–water partition coefficient (Wildman–Crippen LogP) is 1.23. The van der Waals surface area contributed by atoms with Crippen LogP contribution in [-0.2, 0) is 20.9 Å². The Labute approximate surface area is 115 Å². The lowest BCUT2D eigenvalue weighted by Crippen LogP contribution is -2.59. The van der Waals surface area contributed by atoms with Gasteiger partial charge in [-0.05, 0) is 12.0 Å². The highest BCUT2D eigenvalue weighted by atomic mass is 16.5. The van der Waals surface area contributed by atoms with Gasteiger partial charge in [0, 0.05) is 0 Å². The molecule has 1 amide bonds. The number of aliphatic carboxylic acids is 2. The molecule has 0 heterocycles. The summed E-state index contributed by atoms with van der Waals surface area (Å²) in [5.74, 6) is -3.30. The van der Waals surface area contributed by atoms with Crippen LogP contribution in [0.4, 0.5) is 4.79 Å². The zero-order valence-corrected chi connectivity index (χ0v) is 10.8. The van der Waals surface area contributed by atoms with Crippen LogP contribution >= 0.6 is 0 Å². The first kappa shape index (κ1) is 15.5. The zero-order valence-electron chi connectivity index (χ0n) is 10.8. The Morgan fingerprint density at radius 2 is 1.70 bits per heavy atom. The van der Waals surface area contributed by atoms with Gasteiger partial charge in [0.15, 0.2) is 0 Å². The molecule has 0 radical (unpaired) electrons. The van der Waals surface area contributed by atoms with Gasteiger partial charge in [0.05, 0.1) is 0 Å². The molecule has 7 nitrogen and oxygen atoms in total. The summed E-state index contributed by atoms with van der Waals surface area (Å²) in [6, 6.07) is 8.73. The fraction of sp³-hybridized carbons (Fsp3) is 0.308. The summed E-state index contributed by atoms with van der Waals surface area (Å²) >= 11 is 0. The molecule has 0 aliphatic rings. The van der Waals surface area contributed by atoms with Crippen LogP contribution in [0.5, 0.6) is 0 Å². The van der Waals surface area contributed by atoms with Crippen LogP contribution in [0.15, 0.2) is 30.3 Å². The third-order valence-corrected chi connectivity index (χ3v) is 2.79. The molecule has 0 saturated carbocycles. The van der Waals surface area contributed by atoms with Crippen LogP contribution in [0.2, 0.25) is 0 Å². The number of ether oxygens (including phenoxy) is 1. The predicted molar refractivity (Wildman–Crippen MR) is 68.1 cm³/mol. The Hall–Kier alpha value is -2.57. The van der Waals surface area contributed by atoms with E-state index in [1.54, 1.807) is 30.3 Å². The minimum absolute atomic E-state index is 0.0777. The first-order valence-corrected chi connectivity index (χ1v) is 5.88. The fourth-order valence-electron chi connectivity index (χ4n) is 1.52. The molecule has 0 unspecified atom stereocenters. The number of amides is 1. The van der Waals surface area contributed by atoms with E-state index >= 15 is 0 Å². The molecule has 3 N–H and O–H groups in total. The van der Waals surface area contributed by atoms with Crippen molar-refractivity contribution in [2.45, 2.75) is 25.5 Å². The molecular weight excluding hydrogens is 266 g/mol. The van der Waals surface area contributed by atoms with Gasteiger partial charge in [-0.3, -0.25) is 5.32 Å². The monoisotopic (exact) mass is 281 g/mol. The number of nitrogens with one attached hydrogen (secondary N) is 1. The van der Waals surface area contributed by atoms with Gasteiger partial charge in [0.1, 0.15) is 6.61 Å². The SMILES string of the molecule is CCC(NC(=O)OCc1ccccc1)(C(=O)O)C(=O)O. The molecule has 1 aromatic carbocycles. The number of hydrogen-bond acceptors (Lipinski definition) is 4. The molecule has 0 atom stereocenters. The van der Waals surface area contributed by atoms with E-state index in [-0.39, 0.29) is 13.0 Å². The van der Waals surface area contributed by atoms with Crippen LogP contribution < -0.4 is 5.32 Å². The number of alkyl carbamates (subject to hydrolysis) is 1. The van der Waals surface area contributed by atoms with Gasteiger partial charge in [-0.25, -0.2) is 14.4 Å². The second kappa shape index (κ2) is 6.55. The summed E-state index contributed by atoms with van der Waals surface area (Å²) < 4.78 is 4.81. The highest BCUT2D eigenvalue weighted by Gasteiger charge is 2.47. The fourth-order valence-corrected chi connectivity index (χ4v) is 1.52. The topological polar surface area (TPSA) is 113 Å². The molecule has 108 valence electrons. The van der Waals surface area contributed by atoms with Gasteiger partial charge < -0.3 is 14.9 Å². The van der Waals surface area contributed by atoms with Crippen LogP contribution in [-0.4, -0.2) is 33.8 Å². The molecule has 0 fully saturated rings. The standard InChI is InChI=1S/C13H15NO6/c1-2-13(10(15)16,11(17)18)14-12(19)20-8-9-6-4-3-5-7-9/h3-7H,2,8H2,1H3,(H,14,19)(H,15,16)(H,17,18). The van der Waals surface area contributed by atoms with Crippen molar-refractivity contribution in [3.63, 3.8) is 0 Å². The second-order valence-corrected chi connectivity index (χ2v) is 4.06. The molecule has 0 aliphatic carbocycles. The lowest BCUT2D eigenvalue weighted by Gasteiger charge is -2.24. The summed E-state index contributed by atoms with van der Waals surface area (Å²) in [5.41, 5.74) is -1.68. The average Bonchev–Trinajstić information content (AvgIpc) is 2.43. The van der Waals surface area contributed by atoms with Gasteiger partial charge in [-0.2, -0.15) is 0 Å². The second-order valence-electron chi connectivity index (χ2n) is 4.06. The van der Waals surface area contributed by atoms with Crippen molar-refractivity contribution < 1.29 is 29.3 Å². The lowest BCUT2D eigenvalue weighted by atomic mass is 9.97. The van der Waals surface area contributed by atoms with E-state index in [9.17, 15) is 14.4 Å². The van der Waals surface area contributed by atoms with Crippen molar-refractivity contribution >= 4 is 18.0 Å². The Morgan fingerprint density at radius 3 is 2.15 bits per heavy atom. The molecule has 1 rings (SSSR count). The summed E-state index contributed by atoms with van der Waals surface area (Å²) in [7, 11) is 0. The number of hydrogen-bond donors (Lipinski definition) is 3. The van der Waals surface area contributed by atoms with Crippen molar-refractivity contribution in [2.75, 3.05) is 0 Å². The quantitative estimate of drug-likeness (QED) is 0.676. The first-order valence-electron chi connectivity index (χ1n) is 5.88. The molecule has 0 saturated heterocycles. The Kier molecular flexibility index (Phi) is 5.08. The lowest BCUT2D eigenvalue weighted by molar-refractivity contribution is -0.158. The smallest absolute Gasteiger partial charge is 0.408 e. The van der Waals surface area contributed by atoms with Crippen LogP contribution in [0, 0.1) is 0 Å². The summed E-state index contributed by atoms with van der Waals surface area (Å²) in [6.45, 7) is 1.27. The van der Waals surface area contributed by atoms with Gasteiger partial charge in [-0.1, -0.05) is 37.3 Å². The normalized spacial score (nSPS) is 10.7. The first-order chi connectivity index (χ1) is 9.42. The van der Waals surface area contributed by atoms with Gasteiger partial charge in [0.2, 0.25) is 5.54 Å². The van der Waals surface area contributed by atoms with E-state index in [0.29, 0.717) is 5.56 Å². The minimum Gasteiger partial charge on any atom is -0.479 e. The van der Waals surface area contributed by atoms with Gasteiger partial charge >= 0.3 is 18.0 Å². The van der Waals surface area contributed by atoms with E-state index < -0.39 is 23.6 Å². The van der Waals surface area contributed by atoms with Crippen molar-refractivity contribution in [3.05, 3.63) is 35.9 Å². The Bertz CT molecular complexity index is 485. The molecular formula is C13H15NO6. The number of benzene rings is 1. The summed E-state index contributed by atoms with van der Waals surface area (Å²) in [5, 5.41) is 19.8. The highest BCUT2D eigenvalue weighted by Crippen LogP contribution is 2.12. The third-order valence-electron chi connectivity index (χ3n) is 2.79. The molecule has 0 spiro atoms. The van der Waals surface area contributed by atoms with Crippen LogP contribution in [0.25, 0.3) is 0 Å². The molecule has 1 aromatic rings. The molecule has 20 heavy (non-hydrogen) atoms. The number of carbonyl (C=O) groups excluding carboxylic acids is 1. The third kappa shape index (κ3) is 3.47. The van der Waals surface area contributed by atoms with E-state index in [4.69, 9.17) is 14.9 Å². The number of carboxylic acids is 2. The Morgan fingerprint density at radius 1 is 1.15 bits per heavy atom. The van der Waals surface area contributed by atoms with E-state index in [1.165, 1.54) is 6.92 Å². The maximum atomic E-state index is 11.5. The Balaban J connectivity index is 2.68. The molecule has 7 heteroatoms. The van der Waals surface area contributed by atoms with Crippen molar-refractivity contribution in [1.29, 1.82) is 0 Å². The van der Waals surface area contributed by atoms with Gasteiger partial charge in [-0.15, -0.1) is 0 Å². The highest BCUT2D eigenvalue weighted by molar-refractivity contribution is 6.05. The molecule has 0 bridgehead atoms. The zero-order chi connectivity index (χ0) is 15.2. The maximum Gasteiger partial charge on any atom is 0.408 e. The number of carboxylic acid groups (broad SMARTS) is 2. The van der Waals surface area contributed by atoms with E-state index in [2.05, 4.69) is 0 Å². The molecule has 0 aromatic heterocycles. The van der Waals surface area contributed by atoms with E-state index in [1.807, 2.05) is 5.32 Å². The summed E-state index contributed by atoms with van der Waals surface area (Å²) in [4.78, 5) is 33.6. The number of carbonyl (C=O) groups is 3. The van der Waals surface area contributed by atoms with Crippen LogP contribution in [0.3, 0.4) is 0 Å². The molecule has 0 aliphatic heterocycles. The van der Waals surface area contributed by atoms with Crippen molar-refractivity contribution in [3.8, 4) is 0 Å². The summed E-state index contributed by atoms with van der Waals surface area (Å²) in [6.07, 6.45) is -1.40. The van der Waals surface area contributed by atoms with E-state index in [0.717, 1.165) is 0 Å². The largest absolute Gasteiger partial charge is 0.479 e. The van der Waals surface area contributed by atoms with Crippen molar-refractivity contribution in [1.82, 2.24) is 5.32 Å². The van der Waals surface area contributed by atoms with Gasteiger partial charge in [0.25, 0.3) is 0 Å².